The van der Waals surface area contributed by atoms with E-state index in [0.29, 0.717) is 0 Å². The van der Waals surface area contributed by atoms with Crippen molar-refractivity contribution in [3.8, 4) is 5.75 Å². The SMILES string of the molecule is C=CCN(C(=O)C(CCC(N)=O)NC(=O)OC(C)(C)C)C(C(=O)NC(C)(C)C)c1ccccc1O. The van der Waals surface area contributed by atoms with Gasteiger partial charge in [0.15, 0.2) is 0 Å². The first-order valence-corrected chi connectivity index (χ1v) is 11.3. The number of para-hydroxylation sites is 1. The van der Waals surface area contributed by atoms with E-state index in [2.05, 4.69) is 17.2 Å². The molecule has 35 heavy (non-hydrogen) atoms. The highest BCUT2D eigenvalue weighted by molar-refractivity contribution is 5.93. The van der Waals surface area contributed by atoms with Crippen LogP contribution in [0.2, 0.25) is 0 Å². The summed E-state index contributed by atoms with van der Waals surface area (Å²) in [6.45, 7) is 14.0. The molecule has 2 atom stereocenters. The van der Waals surface area contributed by atoms with Gasteiger partial charge in [0.2, 0.25) is 17.7 Å². The number of nitrogens with one attached hydrogen (secondary N) is 2. The van der Waals surface area contributed by atoms with Gasteiger partial charge < -0.3 is 31.1 Å². The summed E-state index contributed by atoms with van der Waals surface area (Å²) in [4.78, 5) is 52.2. The number of alkyl carbamates (subject to hydrolysis) is 1. The molecule has 0 radical (unpaired) electrons. The molecule has 0 spiro atoms. The van der Waals surface area contributed by atoms with Gasteiger partial charge in [0.05, 0.1) is 0 Å². The minimum absolute atomic E-state index is 0.0849. The van der Waals surface area contributed by atoms with Crippen molar-refractivity contribution in [3.63, 3.8) is 0 Å². The van der Waals surface area contributed by atoms with E-state index in [9.17, 15) is 24.3 Å². The van der Waals surface area contributed by atoms with Gasteiger partial charge >= 0.3 is 6.09 Å². The number of aromatic hydroxyl groups is 1. The minimum atomic E-state index is -1.25. The molecule has 0 fully saturated rings. The molecule has 194 valence electrons. The highest BCUT2D eigenvalue weighted by Crippen LogP contribution is 2.30. The maximum Gasteiger partial charge on any atom is 0.408 e. The summed E-state index contributed by atoms with van der Waals surface area (Å²) in [7, 11) is 0. The number of rotatable bonds is 10. The molecule has 4 amide bonds. The zero-order valence-corrected chi connectivity index (χ0v) is 21.4. The number of ether oxygens (including phenoxy) is 1. The highest BCUT2D eigenvalue weighted by Gasteiger charge is 2.37. The molecule has 0 aliphatic heterocycles. The lowest BCUT2D eigenvalue weighted by atomic mass is 9.99. The minimum Gasteiger partial charge on any atom is -0.508 e. The Labute approximate surface area is 206 Å². The van der Waals surface area contributed by atoms with Crippen molar-refractivity contribution in [1.29, 1.82) is 0 Å². The van der Waals surface area contributed by atoms with Crippen LogP contribution in [0.3, 0.4) is 0 Å². The molecule has 5 N–H and O–H groups in total. The number of amides is 4. The Balaban J connectivity index is 3.49. The van der Waals surface area contributed by atoms with E-state index in [1.54, 1.807) is 53.7 Å². The lowest BCUT2D eigenvalue weighted by molar-refractivity contribution is -0.142. The second kappa shape index (κ2) is 12.2. The fourth-order valence-corrected chi connectivity index (χ4v) is 3.26. The second-order valence-corrected chi connectivity index (χ2v) is 10.2. The Morgan fingerprint density at radius 2 is 1.74 bits per heavy atom. The summed E-state index contributed by atoms with van der Waals surface area (Å²) in [6, 6.07) is 3.69. The fourth-order valence-electron chi connectivity index (χ4n) is 3.26. The van der Waals surface area contributed by atoms with Gasteiger partial charge in [-0.25, -0.2) is 4.79 Å². The van der Waals surface area contributed by atoms with Gasteiger partial charge in [-0.2, -0.15) is 0 Å². The molecular formula is C25H38N4O6. The molecule has 1 rings (SSSR count). The van der Waals surface area contributed by atoms with E-state index in [4.69, 9.17) is 10.5 Å². The molecule has 1 aromatic rings. The number of nitrogens with two attached hydrogens (primary N) is 1. The van der Waals surface area contributed by atoms with E-state index in [-0.39, 0.29) is 30.7 Å². The van der Waals surface area contributed by atoms with Gasteiger partial charge in [-0.15, -0.1) is 6.58 Å². The molecular weight excluding hydrogens is 452 g/mol. The maximum atomic E-state index is 13.7. The molecule has 0 saturated heterocycles. The summed E-state index contributed by atoms with van der Waals surface area (Å²) in [6.07, 6.45) is 0.254. The smallest absolute Gasteiger partial charge is 0.408 e. The Morgan fingerprint density at radius 3 is 2.23 bits per heavy atom. The van der Waals surface area contributed by atoms with Crippen molar-refractivity contribution in [2.24, 2.45) is 5.73 Å². The molecule has 0 aliphatic rings. The number of phenols is 1. The largest absolute Gasteiger partial charge is 0.508 e. The normalized spacial score (nSPS) is 13.2. The quantitative estimate of drug-likeness (QED) is 0.370. The molecule has 2 unspecified atom stereocenters. The van der Waals surface area contributed by atoms with Gasteiger partial charge in [0, 0.05) is 24.1 Å². The van der Waals surface area contributed by atoms with Crippen molar-refractivity contribution in [3.05, 3.63) is 42.5 Å². The summed E-state index contributed by atoms with van der Waals surface area (Å²) in [5, 5.41) is 15.8. The number of benzene rings is 1. The Hall–Kier alpha value is -3.56. The van der Waals surface area contributed by atoms with Gasteiger partial charge in [0.25, 0.3) is 0 Å². The van der Waals surface area contributed by atoms with E-state index in [1.165, 1.54) is 23.1 Å². The second-order valence-electron chi connectivity index (χ2n) is 10.2. The summed E-state index contributed by atoms with van der Waals surface area (Å²) >= 11 is 0. The average Bonchev–Trinajstić information content (AvgIpc) is 2.68. The van der Waals surface area contributed by atoms with E-state index in [1.807, 2.05) is 0 Å². The molecule has 1 aromatic carbocycles. The fraction of sp³-hybridized carbons (Fsp3) is 0.520. The van der Waals surface area contributed by atoms with Gasteiger partial charge in [-0.05, 0) is 54.0 Å². The number of carbonyl (C=O) groups excluding carboxylic acids is 4. The summed E-state index contributed by atoms with van der Waals surface area (Å²) in [5.41, 5.74) is 4.00. The van der Waals surface area contributed by atoms with Crippen molar-refractivity contribution < 1.29 is 29.0 Å². The van der Waals surface area contributed by atoms with Crippen LogP contribution in [0.15, 0.2) is 36.9 Å². The van der Waals surface area contributed by atoms with E-state index in [0.717, 1.165) is 0 Å². The number of carbonyl (C=O) groups is 4. The van der Waals surface area contributed by atoms with E-state index >= 15 is 0 Å². The van der Waals surface area contributed by atoms with Crippen LogP contribution in [0, 0.1) is 0 Å². The predicted octanol–water partition coefficient (Wildman–Crippen LogP) is 2.52. The molecule has 0 bridgehead atoms. The van der Waals surface area contributed by atoms with Crippen molar-refractivity contribution in [2.45, 2.75) is 77.6 Å². The Kier molecular flexibility index (Phi) is 10.3. The van der Waals surface area contributed by atoms with Crippen LogP contribution in [0.1, 0.15) is 66.0 Å². The van der Waals surface area contributed by atoms with Crippen molar-refractivity contribution in [2.75, 3.05) is 6.54 Å². The highest BCUT2D eigenvalue weighted by atomic mass is 16.6. The lowest BCUT2D eigenvalue weighted by Crippen LogP contribution is -2.54. The van der Waals surface area contributed by atoms with Crippen LogP contribution < -0.4 is 16.4 Å². The molecule has 0 aromatic heterocycles. The number of primary amides is 1. The molecule has 10 nitrogen and oxygen atoms in total. The molecule has 0 saturated carbocycles. The number of hydrogen-bond donors (Lipinski definition) is 4. The van der Waals surface area contributed by atoms with Gasteiger partial charge in [-0.1, -0.05) is 24.3 Å². The van der Waals surface area contributed by atoms with Crippen LogP contribution in [-0.2, 0) is 19.1 Å². The number of hydrogen-bond acceptors (Lipinski definition) is 6. The van der Waals surface area contributed by atoms with Crippen LogP contribution in [0.4, 0.5) is 4.79 Å². The van der Waals surface area contributed by atoms with Crippen LogP contribution in [0.5, 0.6) is 5.75 Å². The zero-order valence-electron chi connectivity index (χ0n) is 21.4. The third-order valence-electron chi connectivity index (χ3n) is 4.57. The topological polar surface area (TPSA) is 151 Å². The first-order valence-electron chi connectivity index (χ1n) is 11.3. The number of nitrogens with zero attached hydrogens (tertiary/aromatic N) is 1. The molecule has 10 heteroatoms. The monoisotopic (exact) mass is 490 g/mol. The summed E-state index contributed by atoms with van der Waals surface area (Å²) in [5.74, 6) is -2.06. The first kappa shape index (κ1) is 29.5. The predicted molar refractivity (Wildman–Crippen MR) is 132 cm³/mol. The van der Waals surface area contributed by atoms with Gasteiger partial charge in [-0.3, -0.25) is 14.4 Å². The number of phenolic OH excluding ortho intramolecular Hbond substituents is 1. The molecule has 0 heterocycles. The van der Waals surface area contributed by atoms with Crippen molar-refractivity contribution in [1.82, 2.24) is 15.5 Å². The maximum absolute atomic E-state index is 13.7. The third kappa shape index (κ3) is 10.1. The van der Waals surface area contributed by atoms with Crippen LogP contribution >= 0.6 is 0 Å². The van der Waals surface area contributed by atoms with E-state index < -0.39 is 47.0 Å². The van der Waals surface area contributed by atoms with Gasteiger partial charge in [0.1, 0.15) is 23.4 Å². The Bertz CT molecular complexity index is 933. The summed E-state index contributed by atoms with van der Waals surface area (Å²) < 4.78 is 5.27. The third-order valence-corrected chi connectivity index (χ3v) is 4.57. The average molecular weight is 491 g/mol. The first-order chi connectivity index (χ1) is 16.1. The lowest BCUT2D eigenvalue weighted by Gasteiger charge is -2.35. The standard InChI is InChI=1S/C25H38N4O6/c1-8-15-29(20(21(32)28-24(2,3)4)16-11-9-10-12-18(16)30)22(33)17(13-14-19(26)31)27-23(34)35-25(5,6)7/h8-12,17,20,30H,1,13-15H2,2-7H3,(H2,26,31)(H,27,34)(H,28,32). The van der Waals surface area contributed by atoms with Crippen LogP contribution in [0.25, 0.3) is 0 Å². The van der Waals surface area contributed by atoms with Crippen LogP contribution in [-0.4, -0.2) is 57.5 Å². The Morgan fingerprint density at radius 1 is 1.14 bits per heavy atom. The van der Waals surface area contributed by atoms with Crippen molar-refractivity contribution >= 4 is 23.8 Å². The molecule has 0 aliphatic carbocycles. The zero-order chi connectivity index (χ0) is 27.0.